The number of nitrogens with zero attached hydrogens (tertiary/aromatic N) is 2. The van der Waals surface area contributed by atoms with Gasteiger partial charge in [-0.1, -0.05) is 30.0 Å². The Labute approximate surface area is 176 Å². The van der Waals surface area contributed by atoms with E-state index >= 15 is 0 Å². The summed E-state index contributed by atoms with van der Waals surface area (Å²) in [6.07, 6.45) is 1.72. The monoisotopic (exact) mass is 422 g/mol. The summed E-state index contributed by atoms with van der Waals surface area (Å²) < 4.78 is 0. The van der Waals surface area contributed by atoms with E-state index in [9.17, 15) is 14.4 Å². The number of fused-ring (bicyclic) bond motifs is 1. The summed E-state index contributed by atoms with van der Waals surface area (Å²) in [6.45, 7) is 0. The van der Waals surface area contributed by atoms with Crippen molar-refractivity contribution in [2.45, 2.75) is 24.4 Å². The highest BCUT2D eigenvalue weighted by molar-refractivity contribution is 7.99. The SMILES string of the molecule is O=C(O)CSc1n[nH]c(-c2cccc(C(=O)Nc3ccc4c(c3)CC(=O)CC4)c2)n1. The number of hydrogen-bond donors (Lipinski definition) is 3. The van der Waals surface area contributed by atoms with Crippen LogP contribution in [0.4, 0.5) is 5.69 Å². The summed E-state index contributed by atoms with van der Waals surface area (Å²) in [5.74, 6) is -0.696. The Bertz CT molecular complexity index is 1140. The average Bonchev–Trinajstić information content (AvgIpc) is 3.21. The minimum Gasteiger partial charge on any atom is -0.481 e. The van der Waals surface area contributed by atoms with Crippen molar-refractivity contribution >= 4 is 35.1 Å². The molecule has 0 spiro atoms. The largest absolute Gasteiger partial charge is 0.481 e. The molecule has 4 rings (SSSR count). The molecule has 1 heterocycles. The average molecular weight is 422 g/mol. The highest BCUT2D eigenvalue weighted by Gasteiger charge is 2.17. The van der Waals surface area contributed by atoms with Crippen molar-refractivity contribution in [1.82, 2.24) is 15.2 Å². The first-order valence-corrected chi connectivity index (χ1v) is 10.3. The van der Waals surface area contributed by atoms with Gasteiger partial charge in [-0.05, 0) is 41.8 Å². The topological polar surface area (TPSA) is 125 Å². The maximum atomic E-state index is 12.7. The number of ketones is 1. The minimum atomic E-state index is -0.948. The normalized spacial score (nSPS) is 13.0. The molecular formula is C21H18N4O4S. The molecule has 0 fully saturated rings. The van der Waals surface area contributed by atoms with Gasteiger partial charge < -0.3 is 10.4 Å². The van der Waals surface area contributed by atoms with Gasteiger partial charge in [-0.15, -0.1) is 5.10 Å². The van der Waals surface area contributed by atoms with E-state index in [1.54, 1.807) is 24.3 Å². The Morgan fingerprint density at radius 1 is 1.13 bits per heavy atom. The van der Waals surface area contributed by atoms with Gasteiger partial charge in [-0.3, -0.25) is 19.5 Å². The number of carboxylic acid groups (broad SMARTS) is 1. The second-order valence-electron chi connectivity index (χ2n) is 6.88. The van der Waals surface area contributed by atoms with Crippen molar-refractivity contribution in [2.75, 3.05) is 11.1 Å². The Morgan fingerprint density at radius 3 is 2.83 bits per heavy atom. The molecule has 0 aliphatic heterocycles. The maximum Gasteiger partial charge on any atom is 0.313 e. The Kier molecular flexibility index (Phi) is 5.62. The van der Waals surface area contributed by atoms with Crippen LogP contribution in [-0.2, 0) is 22.4 Å². The summed E-state index contributed by atoms with van der Waals surface area (Å²) in [5, 5.41) is 18.7. The third kappa shape index (κ3) is 4.57. The fourth-order valence-electron chi connectivity index (χ4n) is 3.26. The number of hydrogen-bond acceptors (Lipinski definition) is 6. The van der Waals surface area contributed by atoms with Crippen LogP contribution >= 0.6 is 11.8 Å². The quantitative estimate of drug-likeness (QED) is 0.522. The molecule has 1 amide bonds. The first kappa shape index (κ1) is 19.8. The second-order valence-corrected chi connectivity index (χ2v) is 7.83. The van der Waals surface area contributed by atoms with Gasteiger partial charge in [0.2, 0.25) is 5.16 Å². The molecule has 0 unspecified atom stereocenters. The highest BCUT2D eigenvalue weighted by Crippen LogP contribution is 2.24. The molecule has 1 aliphatic carbocycles. The molecule has 0 saturated carbocycles. The minimum absolute atomic E-state index is 0.133. The smallest absolute Gasteiger partial charge is 0.313 e. The third-order valence-electron chi connectivity index (χ3n) is 4.71. The van der Waals surface area contributed by atoms with Crippen LogP contribution in [0, 0.1) is 0 Å². The predicted molar refractivity (Wildman–Crippen MR) is 112 cm³/mol. The number of benzene rings is 2. The van der Waals surface area contributed by atoms with Crippen LogP contribution in [0.3, 0.4) is 0 Å². The number of carbonyl (C=O) groups is 3. The maximum absolute atomic E-state index is 12.7. The Morgan fingerprint density at radius 2 is 2.00 bits per heavy atom. The van der Waals surface area contributed by atoms with Crippen LogP contribution < -0.4 is 5.32 Å². The molecule has 0 saturated heterocycles. The molecule has 0 radical (unpaired) electrons. The van der Waals surface area contributed by atoms with Gasteiger partial charge in [0.25, 0.3) is 5.91 Å². The fourth-order valence-corrected chi connectivity index (χ4v) is 3.78. The van der Waals surface area contributed by atoms with Crippen LogP contribution in [0.25, 0.3) is 11.4 Å². The summed E-state index contributed by atoms with van der Waals surface area (Å²) in [6, 6.07) is 12.6. The van der Waals surface area contributed by atoms with Crippen molar-refractivity contribution in [2.24, 2.45) is 0 Å². The molecule has 3 N–H and O–H groups in total. The van der Waals surface area contributed by atoms with Gasteiger partial charge in [-0.2, -0.15) is 0 Å². The number of aryl methyl sites for hydroxylation is 1. The van der Waals surface area contributed by atoms with Crippen LogP contribution in [0.1, 0.15) is 27.9 Å². The van der Waals surface area contributed by atoms with Crippen molar-refractivity contribution in [1.29, 1.82) is 0 Å². The number of aromatic amines is 1. The van der Waals surface area contributed by atoms with E-state index < -0.39 is 5.97 Å². The molecule has 152 valence electrons. The lowest BCUT2D eigenvalue weighted by Crippen LogP contribution is -2.15. The number of aromatic nitrogens is 3. The predicted octanol–water partition coefficient (Wildman–Crippen LogP) is 2.96. The first-order chi connectivity index (χ1) is 14.5. The zero-order chi connectivity index (χ0) is 21.1. The number of nitrogens with one attached hydrogen (secondary N) is 2. The van der Waals surface area contributed by atoms with Gasteiger partial charge in [-0.25, -0.2) is 4.98 Å². The molecule has 1 aliphatic rings. The molecule has 9 heteroatoms. The molecular weight excluding hydrogens is 404 g/mol. The van der Waals surface area contributed by atoms with Crippen molar-refractivity contribution in [3.8, 4) is 11.4 Å². The lowest BCUT2D eigenvalue weighted by molar-refractivity contribution is -0.134. The van der Waals surface area contributed by atoms with E-state index in [4.69, 9.17) is 5.11 Å². The van der Waals surface area contributed by atoms with Gasteiger partial charge in [0.15, 0.2) is 5.82 Å². The Balaban J connectivity index is 1.49. The van der Waals surface area contributed by atoms with Crippen molar-refractivity contribution in [3.63, 3.8) is 0 Å². The molecule has 0 bridgehead atoms. The summed E-state index contributed by atoms with van der Waals surface area (Å²) >= 11 is 1.01. The highest BCUT2D eigenvalue weighted by atomic mass is 32.2. The number of carbonyl (C=O) groups excluding carboxylic acids is 2. The van der Waals surface area contributed by atoms with Gasteiger partial charge in [0.05, 0.1) is 5.75 Å². The molecule has 0 atom stereocenters. The zero-order valence-electron chi connectivity index (χ0n) is 15.8. The lowest BCUT2D eigenvalue weighted by atomic mass is 9.90. The summed E-state index contributed by atoms with van der Waals surface area (Å²) in [5.41, 5.74) is 3.86. The molecule has 2 aromatic carbocycles. The molecule has 3 aromatic rings. The number of carboxylic acids is 1. The number of H-pyrrole nitrogens is 1. The van der Waals surface area contributed by atoms with E-state index in [1.165, 1.54) is 0 Å². The number of thioether (sulfide) groups is 1. The summed E-state index contributed by atoms with van der Waals surface area (Å²) in [7, 11) is 0. The standard InChI is InChI=1S/C21H18N4O4S/c26-17-7-5-12-4-6-16(9-15(12)10-17)22-20(29)14-3-1-2-13(8-14)19-23-21(25-24-19)30-11-18(27)28/h1-4,6,8-9H,5,7,10-11H2,(H,22,29)(H,27,28)(H,23,24,25). The van der Waals surface area contributed by atoms with Crippen LogP contribution in [0.2, 0.25) is 0 Å². The van der Waals surface area contributed by atoms with Crippen LogP contribution in [-0.4, -0.2) is 43.7 Å². The van der Waals surface area contributed by atoms with E-state index in [0.29, 0.717) is 40.6 Å². The van der Waals surface area contributed by atoms with E-state index in [2.05, 4.69) is 20.5 Å². The number of rotatable bonds is 6. The van der Waals surface area contributed by atoms with Crippen LogP contribution in [0.5, 0.6) is 0 Å². The fraction of sp³-hybridized carbons (Fsp3) is 0.190. The summed E-state index contributed by atoms with van der Waals surface area (Å²) in [4.78, 5) is 39.3. The zero-order valence-corrected chi connectivity index (χ0v) is 16.7. The molecule has 1 aromatic heterocycles. The van der Waals surface area contributed by atoms with Gasteiger partial charge >= 0.3 is 5.97 Å². The van der Waals surface area contributed by atoms with Crippen molar-refractivity contribution in [3.05, 3.63) is 59.2 Å². The van der Waals surface area contributed by atoms with Gasteiger partial charge in [0.1, 0.15) is 5.78 Å². The van der Waals surface area contributed by atoms with Crippen LogP contribution in [0.15, 0.2) is 47.6 Å². The van der Waals surface area contributed by atoms with Gasteiger partial charge in [0, 0.05) is 29.7 Å². The lowest BCUT2D eigenvalue weighted by Gasteiger charge is -2.16. The molecule has 8 nitrogen and oxygen atoms in total. The Hall–Kier alpha value is -3.46. The molecule has 30 heavy (non-hydrogen) atoms. The van der Waals surface area contributed by atoms with E-state index in [0.717, 1.165) is 29.3 Å². The van der Waals surface area contributed by atoms with Crippen molar-refractivity contribution < 1.29 is 19.5 Å². The number of anilines is 1. The number of amides is 1. The first-order valence-electron chi connectivity index (χ1n) is 9.30. The van der Waals surface area contributed by atoms with E-state index in [1.807, 2.05) is 18.2 Å². The second kappa shape index (κ2) is 8.50. The van der Waals surface area contributed by atoms with E-state index in [-0.39, 0.29) is 17.4 Å². The number of aliphatic carboxylic acids is 1. The number of Topliss-reactive ketones (excluding diaryl/α,β-unsaturated/α-hetero) is 1. The third-order valence-corrected chi connectivity index (χ3v) is 5.54.